The third kappa shape index (κ3) is 3.00. The molecule has 0 aliphatic heterocycles. The second-order valence-corrected chi connectivity index (χ2v) is 5.65. The van der Waals surface area contributed by atoms with E-state index in [0.29, 0.717) is 22.0 Å². The number of hydrogen-bond donors (Lipinski definition) is 0. The van der Waals surface area contributed by atoms with Crippen LogP contribution >= 0.6 is 11.6 Å². The van der Waals surface area contributed by atoms with E-state index in [2.05, 4.69) is 0 Å². The highest BCUT2D eigenvalue weighted by atomic mass is 35.5. The molecule has 0 radical (unpaired) electrons. The summed E-state index contributed by atoms with van der Waals surface area (Å²) in [7, 11) is 1.79. The molecule has 0 amide bonds. The Morgan fingerprint density at radius 1 is 1.35 bits per heavy atom. The highest BCUT2D eigenvalue weighted by Gasteiger charge is 2.13. The fraction of sp³-hybridized carbons (Fsp3) is 0.176. The predicted octanol–water partition coefficient (Wildman–Crippen LogP) is 3.36. The molecule has 6 heteroatoms. The number of aromatic nitrogens is 1. The zero-order valence-electron chi connectivity index (χ0n) is 12.6. The third-order valence-corrected chi connectivity index (χ3v) is 3.89. The van der Waals surface area contributed by atoms with Gasteiger partial charge in [0.15, 0.2) is 6.61 Å². The summed E-state index contributed by atoms with van der Waals surface area (Å²) < 4.78 is 12.4. The zero-order valence-corrected chi connectivity index (χ0v) is 13.4. The van der Waals surface area contributed by atoms with E-state index in [1.165, 1.54) is 12.1 Å². The van der Waals surface area contributed by atoms with Crippen LogP contribution in [0.25, 0.3) is 11.0 Å². The lowest BCUT2D eigenvalue weighted by Gasteiger charge is -2.09. The number of aryl methyl sites for hydroxylation is 2. The normalized spacial score (nSPS) is 10.9. The summed E-state index contributed by atoms with van der Waals surface area (Å²) in [4.78, 5) is 23.6. The molecule has 0 N–H and O–H groups in total. The van der Waals surface area contributed by atoms with Crippen molar-refractivity contribution in [3.8, 4) is 5.75 Å². The van der Waals surface area contributed by atoms with Crippen molar-refractivity contribution in [1.29, 1.82) is 0 Å². The molecule has 118 valence electrons. The van der Waals surface area contributed by atoms with Crippen LogP contribution < -0.4 is 10.4 Å². The number of ether oxygens (including phenoxy) is 1. The summed E-state index contributed by atoms with van der Waals surface area (Å²) in [6.45, 7) is 1.65. The minimum absolute atomic E-state index is 0.154. The molecule has 0 saturated carbocycles. The SMILES string of the molecule is Cc1cc(=O)oc2cc(OCC(=O)c3cccn3C)c(Cl)cc12. The minimum Gasteiger partial charge on any atom is -0.484 e. The monoisotopic (exact) mass is 331 g/mol. The molecule has 0 atom stereocenters. The molecular weight excluding hydrogens is 318 g/mol. The Morgan fingerprint density at radius 2 is 2.13 bits per heavy atom. The van der Waals surface area contributed by atoms with E-state index in [0.717, 1.165) is 10.9 Å². The molecule has 2 aromatic heterocycles. The fourth-order valence-electron chi connectivity index (χ4n) is 2.40. The van der Waals surface area contributed by atoms with Crippen molar-refractivity contribution in [2.45, 2.75) is 6.92 Å². The molecule has 0 aliphatic carbocycles. The van der Waals surface area contributed by atoms with E-state index in [9.17, 15) is 9.59 Å². The highest BCUT2D eigenvalue weighted by molar-refractivity contribution is 6.32. The lowest BCUT2D eigenvalue weighted by Crippen LogP contribution is -2.14. The molecule has 3 rings (SSSR count). The fourth-order valence-corrected chi connectivity index (χ4v) is 2.62. The van der Waals surface area contributed by atoms with Crippen LogP contribution in [0.15, 0.2) is 45.7 Å². The molecular formula is C17H14ClNO4. The first-order chi connectivity index (χ1) is 11.0. The maximum absolute atomic E-state index is 12.1. The van der Waals surface area contributed by atoms with Crippen LogP contribution in [0.5, 0.6) is 5.75 Å². The van der Waals surface area contributed by atoms with E-state index in [1.54, 1.807) is 42.9 Å². The zero-order chi connectivity index (χ0) is 16.6. The van der Waals surface area contributed by atoms with Gasteiger partial charge < -0.3 is 13.7 Å². The standard InChI is InChI=1S/C17H14ClNO4/c1-10-6-17(21)23-15-8-16(12(18)7-11(10)15)22-9-14(20)13-4-3-5-19(13)2/h3-8H,9H2,1-2H3. The Labute approximate surface area is 137 Å². The van der Waals surface area contributed by atoms with Crippen LogP contribution in [-0.4, -0.2) is 17.0 Å². The van der Waals surface area contributed by atoms with Crippen molar-refractivity contribution in [3.63, 3.8) is 0 Å². The van der Waals surface area contributed by atoms with Gasteiger partial charge in [-0.1, -0.05) is 11.6 Å². The van der Waals surface area contributed by atoms with E-state index >= 15 is 0 Å². The number of rotatable bonds is 4. The van der Waals surface area contributed by atoms with Gasteiger partial charge in [-0.2, -0.15) is 0 Å². The maximum atomic E-state index is 12.1. The molecule has 0 bridgehead atoms. The second-order valence-electron chi connectivity index (χ2n) is 5.24. The van der Waals surface area contributed by atoms with E-state index in [-0.39, 0.29) is 12.4 Å². The Kier molecular flexibility index (Phi) is 3.96. The number of halogens is 1. The average Bonchev–Trinajstić information content (AvgIpc) is 2.92. The molecule has 0 unspecified atom stereocenters. The van der Waals surface area contributed by atoms with Gasteiger partial charge in [0.2, 0.25) is 5.78 Å². The van der Waals surface area contributed by atoms with Gasteiger partial charge in [-0.3, -0.25) is 4.79 Å². The van der Waals surface area contributed by atoms with E-state index in [1.807, 2.05) is 0 Å². The Morgan fingerprint density at radius 3 is 2.83 bits per heavy atom. The molecule has 0 aliphatic rings. The Balaban J connectivity index is 1.88. The number of benzene rings is 1. The van der Waals surface area contributed by atoms with Crippen molar-refractivity contribution in [2.24, 2.45) is 7.05 Å². The summed E-state index contributed by atoms with van der Waals surface area (Å²) in [6, 6.07) is 8.10. The topological polar surface area (TPSA) is 61.4 Å². The third-order valence-electron chi connectivity index (χ3n) is 3.59. The van der Waals surface area contributed by atoms with Gasteiger partial charge in [0.1, 0.15) is 11.3 Å². The van der Waals surface area contributed by atoms with Gasteiger partial charge in [-0.15, -0.1) is 0 Å². The van der Waals surface area contributed by atoms with E-state index < -0.39 is 5.63 Å². The summed E-state index contributed by atoms with van der Waals surface area (Å²) in [6.07, 6.45) is 1.79. The molecule has 23 heavy (non-hydrogen) atoms. The van der Waals surface area contributed by atoms with Crippen LogP contribution in [-0.2, 0) is 7.05 Å². The van der Waals surface area contributed by atoms with Gasteiger partial charge in [-0.25, -0.2) is 4.79 Å². The van der Waals surface area contributed by atoms with Crippen LogP contribution in [0.2, 0.25) is 5.02 Å². The van der Waals surface area contributed by atoms with Gasteiger partial charge in [0.05, 0.1) is 10.7 Å². The van der Waals surface area contributed by atoms with Crippen LogP contribution in [0, 0.1) is 6.92 Å². The molecule has 1 aromatic carbocycles. The van der Waals surface area contributed by atoms with Crippen LogP contribution in [0.3, 0.4) is 0 Å². The number of Topliss-reactive ketones (excluding diaryl/α,β-unsaturated/α-hetero) is 1. The molecule has 5 nitrogen and oxygen atoms in total. The average molecular weight is 332 g/mol. The van der Waals surface area contributed by atoms with E-state index in [4.69, 9.17) is 20.8 Å². The first-order valence-electron chi connectivity index (χ1n) is 6.97. The Hall–Kier alpha value is -2.53. The van der Waals surface area contributed by atoms with Crippen molar-refractivity contribution in [1.82, 2.24) is 4.57 Å². The van der Waals surface area contributed by atoms with Crippen molar-refractivity contribution < 1.29 is 13.9 Å². The predicted molar refractivity (Wildman–Crippen MR) is 87.5 cm³/mol. The lowest BCUT2D eigenvalue weighted by molar-refractivity contribution is 0.0913. The van der Waals surface area contributed by atoms with Crippen molar-refractivity contribution >= 4 is 28.4 Å². The first-order valence-corrected chi connectivity index (χ1v) is 7.35. The summed E-state index contributed by atoms with van der Waals surface area (Å²) >= 11 is 6.19. The molecule has 0 saturated heterocycles. The molecule has 2 heterocycles. The number of carbonyl (C=O) groups is 1. The van der Waals surface area contributed by atoms with Gasteiger partial charge in [-0.05, 0) is 30.7 Å². The van der Waals surface area contributed by atoms with Crippen LogP contribution in [0.4, 0.5) is 0 Å². The number of carbonyl (C=O) groups excluding carboxylic acids is 1. The van der Waals surface area contributed by atoms with Gasteiger partial charge >= 0.3 is 5.63 Å². The second kappa shape index (κ2) is 5.93. The highest BCUT2D eigenvalue weighted by Crippen LogP contribution is 2.31. The molecule has 0 fully saturated rings. The largest absolute Gasteiger partial charge is 0.484 e. The van der Waals surface area contributed by atoms with Crippen molar-refractivity contribution in [2.75, 3.05) is 6.61 Å². The number of fused-ring (bicyclic) bond motifs is 1. The number of nitrogens with zero attached hydrogens (tertiary/aromatic N) is 1. The smallest absolute Gasteiger partial charge is 0.336 e. The maximum Gasteiger partial charge on any atom is 0.336 e. The molecule has 3 aromatic rings. The lowest BCUT2D eigenvalue weighted by atomic mass is 10.1. The summed E-state index contributed by atoms with van der Waals surface area (Å²) in [5.41, 5.74) is 1.25. The Bertz CT molecular complexity index is 955. The quantitative estimate of drug-likeness (QED) is 0.543. The van der Waals surface area contributed by atoms with Crippen molar-refractivity contribution in [3.05, 3.63) is 63.2 Å². The molecule has 0 spiro atoms. The van der Waals surface area contributed by atoms with Gasteiger partial charge in [0, 0.05) is 30.8 Å². The van der Waals surface area contributed by atoms with Crippen LogP contribution in [0.1, 0.15) is 16.1 Å². The first kappa shape index (κ1) is 15.4. The summed E-state index contributed by atoms with van der Waals surface area (Å²) in [5.74, 6) is 0.134. The minimum atomic E-state index is -0.442. The summed E-state index contributed by atoms with van der Waals surface area (Å²) in [5, 5.41) is 1.09. The number of ketones is 1. The number of hydrogen-bond acceptors (Lipinski definition) is 4. The van der Waals surface area contributed by atoms with Gasteiger partial charge in [0.25, 0.3) is 0 Å².